The average Bonchev–Trinajstić information content (AvgIpc) is 1.24. The standard InChI is InChI=1S/C62H73F2N9O10S/c1-11-53(78)71-20-19-70(29-36(71)5)47-27-54(79)73(48-26-43(46(64)25-44(47)48)55-45(63)13-12-14-50(55)75)57-35(4)23-41(68-56(57)34(2)3)28-65-51(76)31-82-21-22-83-32-52(77)69-59(62(8,9)10)61(81)72-30-42(74)24-49(72)60(80)67-37(6)39-15-17-40(18-16-39)58-38(7)66-33-84-58/h11-18,23,25-27,33-34,36-37,42,49,59,74-75H,1,19-22,24,28-32H2,2-10H3,(H,65,76)(H,67,80)(H,69,77)/t36-,37+,42-,49+,59-/m1/s1. The molecule has 3 aromatic heterocycles. The number of carbonyl (C=O) groups excluding carboxylic acids is 5. The second kappa shape index (κ2) is 26.3. The van der Waals surface area contributed by atoms with Gasteiger partial charge in [0.2, 0.25) is 29.5 Å². The number of phenols is 1. The van der Waals surface area contributed by atoms with E-state index in [0.29, 0.717) is 53.3 Å². The zero-order valence-corrected chi connectivity index (χ0v) is 49.6. The molecule has 0 spiro atoms. The van der Waals surface area contributed by atoms with Gasteiger partial charge in [-0.25, -0.2) is 13.8 Å². The van der Waals surface area contributed by atoms with Crippen molar-refractivity contribution < 1.29 is 52.4 Å². The summed E-state index contributed by atoms with van der Waals surface area (Å²) in [6, 6.07) is 14.4. The van der Waals surface area contributed by atoms with Crippen LogP contribution in [0.1, 0.15) is 95.1 Å². The van der Waals surface area contributed by atoms with Gasteiger partial charge in [-0.1, -0.05) is 71.5 Å². The second-order valence-corrected chi connectivity index (χ2v) is 23.7. The molecule has 3 aromatic carbocycles. The number of pyridine rings is 2. The predicted octanol–water partition coefficient (Wildman–Crippen LogP) is 7.14. The number of piperazine rings is 1. The second-order valence-electron chi connectivity index (χ2n) is 22.8. The number of aromatic nitrogens is 3. The van der Waals surface area contributed by atoms with E-state index < -0.39 is 82.8 Å². The third-order valence-electron chi connectivity index (χ3n) is 15.2. The van der Waals surface area contributed by atoms with E-state index in [9.17, 15) is 39.0 Å². The summed E-state index contributed by atoms with van der Waals surface area (Å²) in [7, 11) is 0. The molecule has 0 saturated carbocycles. The lowest BCUT2D eigenvalue weighted by atomic mass is 9.85. The van der Waals surface area contributed by atoms with Crippen LogP contribution in [0.4, 0.5) is 14.5 Å². The fourth-order valence-corrected chi connectivity index (χ4v) is 11.7. The normalized spacial score (nSPS) is 17.1. The highest BCUT2D eigenvalue weighted by molar-refractivity contribution is 7.13. The topological polar surface area (TPSA) is 238 Å². The molecule has 5 heterocycles. The number of thiazole rings is 1. The Kier molecular flexibility index (Phi) is 19.5. The maximum Gasteiger partial charge on any atom is 0.257 e. The van der Waals surface area contributed by atoms with Crippen molar-refractivity contribution >= 4 is 57.5 Å². The minimum atomic E-state index is -1.07. The van der Waals surface area contributed by atoms with Crippen LogP contribution in [0.2, 0.25) is 0 Å². The number of rotatable bonds is 20. The lowest BCUT2D eigenvalue weighted by molar-refractivity contribution is -0.144. The summed E-state index contributed by atoms with van der Waals surface area (Å²) >= 11 is 1.55. The average molecular weight is 1170 g/mol. The van der Waals surface area contributed by atoms with Gasteiger partial charge >= 0.3 is 0 Å². The molecule has 8 rings (SSSR count). The molecule has 2 fully saturated rings. The number of anilines is 1. The molecule has 6 aromatic rings. The molecule has 0 radical (unpaired) electrons. The van der Waals surface area contributed by atoms with E-state index in [1.54, 1.807) is 55.5 Å². The summed E-state index contributed by atoms with van der Waals surface area (Å²) in [5.74, 6) is -4.74. The molecule has 19 nitrogen and oxygen atoms in total. The van der Waals surface area contributed by atoms with E-state index in [-0.39, 0.29) is 73.8 Å². The van der Waals surface area contributed by atoms with Gasteiger partial charge in [-0.15, -0.1) is 11.3 Å². The fraction of sp³-hybridized carbons (Fsp3) is 0.419. The first kappa shape index (κ1) is 62.1. The van der Waals surface area contributed by atoms with Crippen LogP contribution in [0, 0.1) is 30.9 Å². The quantitative estimate of drug-likeness (QED) is 0.0378. The number of aryl methyl sites for hydroxylation is 2. The Morgan fingerprint density at radius 3 is 2.24 bits per heavy atom. The number of nitrogens with one attached hydrogen (secondary N) is 3. The van der Waals surface area contributed by atoms with Gasteiger partial charge in [0.25, 0.3) is 5.56 Å². The van der Waals surface area contributed by atoms with Gasteiger partial charge in [-0.2, -0.15) is 0 Å². The van der Waals surface area contributed by atoms with E-state index in [2.05, 4.69) is 27.5 Å². The van der Waals surface area contributed by atoms with Gasteiger partial charge in [-0.3, -0.25) is 38.3 Å². The zero-order valence-electron chi connectivity index (χ0n) is 48.8. The smallest absolute Gasteiger partial charge is 0.257 e. The molecule has 5 atom stereocenters. The van der Waals surface area contributed by atoms with E-state index in [4.69, 9.17) is 14.5 Å². The van der Waals surface area contributed by atoms with Gasteiger partial charge in [0.15, 0.2) is 0 Å². The van der Waals surface area contributed by atoms with E-state index >= 15 is 8.78 Å². The van der Waals surface area contributed by atoms with E-state index in [1.807, 2.05) is 63.8 Å². The van der Waals surface area contributed by atoms with Crippen molar-refractivity contribution in [1.82, 2.24) is 40.3 Å². The largest absolute Gasteiger partial charge is 0.507 e. The van der Waals surface area contributed by atoms with Crippen molar-refractivity contribution in [3.63, 3.8) is 0 Å². The van der Waals surface area contributed by atoms with Gasteiger partial charge in [-0.05, 0) is 92.1 Å². The number of aliphatic hydroxyl groups is 1. The maximum atomic E-state index is 16.4. The molecule has 2 aliphatic rings. The first-order valence-corrected chi connectivity index (χ1v) is 28.8. The highest BCUT2D eigenvalue weighted by Crippen LogP contribution is 2.40. The predicted molar refractivity (Wildman–Crippen MR) is 317 cm³/mol. The van der Waals surface area contributed by atoms with Crippen molar-refractivity contribution in [2.75, 3.05) is 57.5 Å². The number of amides is 5. The molecule has 0 aliphatic carbocycles. The number of halogens is 2. The van der Waals surface area contributed by atoms with Crippen molar-refractivity contribution in [3.05, 3.63) is 135 Å². The lowest BCUT2D eigenvalue weighted by Crippen LogP contribution is -2.58. The molecule has 446 valence electrons. The summed E-state index contributed by atoms with van der Waals surface area (Å²) in [5, 5.41) is 30.4. The molecule has 0 bridgehead atoms. The molecule has 5 amide bonds. The number of aromatic hydroxyl groups is 1. The molecular weight excluding hydrogens is 1100 g/mol. The maximum absolute atomic E-state index is 16.4. The minimum absolute atomic E-state index is 0.0213. The Hall–Kier alpha value is -7.92. The number of fused-ring (bicyclic) bond motifs is 1. The highest BCUT2D eigenvalue weighted by atomic mass is 32.1. The van der Waals surface area contributed by atoms with Crippen LogP contribution in [-0.4, -0.2) is 141 Å². The van der Waals surface area contributed by atoms with Gasteiger partial charge in [0, 0.05) is 55.7 Å². The van der Waals surface area contributed by atoms with E-state index in [0.717, 1.165) is 27.8 Å². The van der Waals surface area contributed by atoms with Gasteiger partial charge in [0.05, 0.1) is 81.8 Å². The fourth-order valence-electron chi connectivity index (χ4n) is 10.9. The van der Waals surface area contributed by atoms with Gasteiger partial charge < -0.3 is 50.3 Å². The number of nitrogens with zero attached hydrogens (tertiary/aromatic N) is 6. The van der Waals surface area contributed by atoms with Crippen molar-refractivity contribution in [3.8, 4) is 33.0 Å². The van der Waals surface area contributed by atoms with Gasteiger partial charge in [0.1, 0.15) is 42.7 Å². The molecule has 22 heteroatoms. The van der Waals surface area contributed by atoms with E-state index in [1.165, 1.54) is 45.9 Å². The lowest BCUT2D eigenvalue weighted by Gasteiger charge is -2.41. The number of hydrogen-bond donors (Lipinski definition) is 5. The van der Waals surface area contributed by atoms with Crippen LogP contribution in [0.15, 0.2) is 89.7 Å². The van der Waals surface area contributed by atoms with Crippen LogP contribution < -0.4 is 26.4 Å². The van der Waals surface area contributed by atoms with Crippen LogP contribution >= 0.6 is 11.3 Å². The number of aliphatic hydroxyl groups excluding tert-OH is 1. The number of benzene rings is 3. The molecule has 2 saturated heterocycles. The Morgan fingerprint density at radius 1 is 0.905 bits per heavy atom. The molecular formula is C62H73F2N9O10S. The molecule has 2 aliphatic heterocycles. The monoisotopic (exact) mass is 1170 g/mol. The van der Waals surface area contributed by atoms with Crippen molar-refractivity contribution in [2.24, 2.45) is 5.41 Å². The number of hydrogen-bond acceptors (Lipinski definition) is 14. The summed E-state index contributed by atoms with van der Waals surface area (Å²) in [4.78, 5) is 96.7. The highest BCUT2D eigenvalue weighted by Gasteiger charge is 2.45. The Bertz CT molecular complexity index is 3510. The summed E-state index contributed by atoms with van der Waals surface area (Å²) in [5.41, 5.74) is 5.22. The number of likely N-dealkylation sites (tertiary alicyclic amines) is 1. The number of phenolic OH excluding ortho intramolecular Hbond substituents is 1. The van der Waals surface area contributed by atoms with Crippen LogP contribution in [0.25, 0.3) is 38.2 Å². The first-order valence-electron chi connectivity index (χ1n) is 27.9. The Labute approximate surface area is 490 Å². The third kappa shape index (κ3) is 13.8. The first-order chi connectivity index (χ1) is 39.9. The summed E-state index contributed by atoms with van der Waals surface area (Å²) in [6.45, 7) is 20.1. The van der Waals surface area contributed by atoms with Crippen molar-refractivity contribution in [1.29, 1.82) is 0 Å². The Balaban J connectivity index is 0.873. The number of ether oxygens (including phenoxy) is 2. The molecule has 84 heavy (non-hydrogen) atoms. The Morgan fingerprint density at radius 2 is 1.61 bits per heavy atom. The molecule has 5 N–H and O–H groups in total. The van der Waals surface area contributed by atoms with Crippen molar-refractivity contribution in [2.45, 2.75) is 111 Å². The summed E-state index contributed by atoms with van der Waals surface area (Å²) in [6.07, 6.45) is 0.333. The third-order valence-corrected chi connectivity index (χ3v) is 16.1. The zero-order chi connectivity index (χ0) is 60.9. The van der Waals surface area contributed by atoms with Crippen LogP contribution in [-0.2, 0) is 40.0 Å². The number of carbonyl (C=O) groups is 5. The minimum Gasteiger partial charge on any atom is -0.507 e. The SMILES string of the molecule is C=CC(=O)N1CCN(c2cc(=O)n(-c3c(C)cc(CNC(=O)COCCOCC(=O)N[C@H](C(=O)N4C[C@H](O)C[C@H]4C(=O)N[C@@H](C)c4ccc(-c5scnc5C)cc4)C(C)(C)C)nc3C(C)C)c3cc(-c4c(O)cccc4F)c(F)cc23)C[C@H]1C. The summed E-state index contributed by atoms with van der Waals surface area (Å²) < 4.78 is 44.3. The van der Waals surface area contributed by atoms with Crippen LogP contribution in [0.5, 0.6) is 5.75 Å². The number of β-amino-alcohol motifs (C(OH)–C–C–N with tert-alkyl or cyclic N) is 1. The molecule has 0 unspecified atom stereocenters. The van der Waals surface area contributed by atoms with Crippen LogP contribution in [0.3, 0.4) is 0 Å².